The van der Waals surface area contributed by atoms with Crippen LogP contribution in [-0.2, 0) is 0 Å². The summed E-state index contributed by atoms with van der Waals surface area (Å²) in [6.45, 7) is 2.01. The Hall–Kier alpha value is -0.930. The second kappa shape index (κ2) is 4.18. The lowest BCUT2D eigenvalue weighted by Gasteiger charge is -2.12. The lowest BCUT2D eigenvalue weighted by molar-refractivity contribution is 0.248. The summed E-state index contributed by atoms with van der Waals surface area (Å²) in [5.74, 6) is 0. The highest BCUT2D eigenvalue weighted by atomic mass is 16.3. The highest BCUT2D eigenvalue weighted by Crippen LogP contribution is 2.08. The van der Waals surface area contributed by atoms with Crippen LogP contribution < -0.4 is 5.32 Å². The third-order valence-electron chi connectivity index (χ3n) is 1.80. The normalized spacial score (nSPS) is 12.9. The zero-order valence-corrected chi connectivity index (χ0v) is 7.41. The Bertz CT molecular complexity index is 246. The molecule has 0 radical (unpaired) electrons. The van der Waals surface area contributed by atoms with E-state index in [0.717, 1.165) is 11.4 Å². The van der Waals surface area contributed by atoms with Crippen LogP contribution >= 0.6 is 0 Å². The van der Waals surface area contributed by atoms with Crippen LogP contribution in [0.5, 0.6) is 0 Å². The molecule has 0 aliphatic rings. The second-order valence-electron chi connectivity index (χ2n) is 2.73. The van der Waals surface area contributed by atoms with E-state index in [9.17, 15) is 0 Å². The molecule has 0 fully saturated rings. The number of hydrogen-bond acceptors (Lipinski definition) is 3. The van der Waals surface area contributed by atoms with Crippen LogP contribution in [0, 0.1) is 6.92 Å². The summed E-state index contributed by atoms with van der Waals surface area (Å²) in [5.41, 5.74) is 1.86. The van der Waals surface area contributed by atoms with E-state index >= 15 is 0 Å². The van der Waals surface area contributed by atoms with E-state index < -0.39 is 0 Å². The van der Waals surface area contributed by atoms with E-state index in [1.54, 1.807) is 0 Å². The molecule has 0 spiro atoms. The van der Waals surface area contributed by atoms with Crippen molar-refractivity contribution in [1.82, 2.24) is 10.3 Å². The van der Waals surface area contributed by atoms with Gasteiger partial charge in [0.1, 0.15) is 0 Å². The smallest absolute Gasteiger partial charge is 0.0727 e. The molecule has 1 rings (SSSR count). The van der Waals surface area contributed by atoms with Crippen LogP contribution in [0.25, 0.3) is 0 Å². The van der Waals surface area contributed by atoms with Crippen molar-refractivity contribution in [1.29, 1.82) is 0 Å². The van der Waals surface area contributed by atoms with E-state index in [-0.39, 0.29) is 12.6 Å². The van der Waals surface area contributed by atoms with E-state index in [0.29, 0.717) is 0 Å². The highest BCUT2D eigenvalue weighted by molar-refractivity contribution is 5.13. The van der Waals surface area contributed by atoms with Crippen LogP contribution in [0.2, 0.25) is 0 Å². The molecule has 0 aromatic carbocycles. The minimum Gasteiger partial charge on any atom is -0.394 e. The maximum Gasteiger partial charge on any atom is 0.0727 e. The third kappa shape index (κ3) is 2.03. The average Bonchev–Trinajstić information content (AvgIpc) is 2.07. The predicted octanol–water partition coefficient (Wildman–Crippen LogP) is 0.643. The van der Waals surface area contributed by atoms with Crippen LogP contribution in [0.4, 0.5) is 0 Å². The summed E-state index contributed by atoms with van der Waals surface area (Å²) >= 11 is 0. The van der Waals surface area contributed by atoms with Crippen molar-refractivity contribution in [3.63, 3.8) is 0 Å². The molecule has 12 heavy (non-hydrogen) atoms. The SMILES string of the molecule is CN[C@H](CO)c1cccc(C)n1. The standard InChI is InChI=1S/C9H14N2O/c1-7-4-3-5-8(11-7)9(6-12)10-2/h3-5,9-10,12H,6H2,1-2H3/t9-/m1/s1. The molecule has 0 aliphatic carbocycles. The molecule has 1 atom stereocenters. The van der Waals surface area contributed by atoms with Crippen LogP contribution in [0.1, 0.15) is 17.4 Å². The van der Waals surface area contributed by atoms with Crippen LogP contribution in [0.15, 0.2) is 18.2 Å². The maximum atomic E-state index is 8.97. The summed E-state index contributed by atoms with van der Waals surface area (Å²) in [5, 5.41) is 12.0. The number of pyridine rings is 1. The van der Waals surface area contributed by atoms with Crippen molar-refractivity contribution in [3.8, 4) is 0 Å². The molecule has 2 N–H and O–H groups in total. The van der Waals surface area contributed by atoms with Gasteiger partial charge >= 0.3 is 0 Å². The van der Waals surface area contributed by atoms with Gasteiger partial charge in [0, 0.05) is 5.69 Å². The number of nitrogens with zero attached hydrogens (tertiary/aromatic N) is 1. The summed E-state index contributed by atoms with van der Waals surface area (Å²) in [7, 11) is 1.81. The number of rotatable bonds is 3. The minimum atomic E-state index is -0.0510. The van der Waals surface area contributed by atoms with Gasteiger partial charge in [-0.1, -0.05) is 6.07 Å². The molecular formula is C9H14N2O. The maximum absolute atomic E-state index is 8.97. The fraction of sp³-hybridized carbons (Fsp3) is 0.444. The number of aliphatic hydroxyl groups is 1. The van der Waals surface area contributed by atoms with Gasteiger partial charge in [-0.15, -0.1) is 0 Å². The number of hydrogen-bond donors (Lipinski definition) is 2. The Labute approximate surface area is 72.5 Å². The van der Waals surface area contributed by atoms with Gasteiger partial charge < -0.3 is 10.4 Å². The molecule has 1 heterocycles. The summed E-state index contributed by atoms with van der Waals surface area (Å²) < 4.78 is 0. The predicted molar refractivity (Wildman–Crippen MR) is 47.9 cm³/mol. The molecule has 1 aromatic rings. The Kier molecular flexibility index (Phi) is 3.19. The van der Waals surface area contributed by atoms with E-state index in [4.69, 9.17) is 5.11 Å². The van der Waals surface area contributed by atoms with E-state index in [1.165, 1.54) is 0 Å². The molecule has 0 unspecified atom stereocenters. The molecular weight excluding hydrogens is 152 g/mol. The van der Waals surface area contributed by atoms with Gasteiger partial charge in [-0.3, -0.25) is 4.98 Å². The molecule has 1 aromatic heterocycles. The molecule has 0 saturated carbocycles. The number of aliphatic hydroxyl groups excluding tert-OH is 1. The molecule has 3 nitrogen and oxygen atoms in total. The van der Waals surface area contributed by atoms with Crippen LogP contribution in [0.3, 0.4) is 0 Å². The first-order valence-electron chi connectivity index (χ1n) is 3.99. The molecule has 0 bridgehead atoms. The van der Waals surface area contributed by atoms with Gasteiger partial charge in [0.25, 0.3) is 0 Å². The zero-order valence-electron chi connectivity index (χ0n) is 7.41. The van der Waals surface area contributed by atoms with Crippen molar-refractivity contribution in [3.05, 3.63) is 29.6 Å². The monoisotopic (exact) mass is 166 g/mol. The van der Waals surface area contributed by atoms with Crippen molar-refractivity contribution >= 4 is 0 Å². The lowest BCUT2D eigenvalue weighted by Crippen LogP contribution is -2.21. The quantitative estimate of drug-likeness (QED) is 0.692. The van der Waals surface area contributed by atoms with Crippen molar-refractivity contribution < 1.29 is 5.11 Å². The fourth-order valence-corrected chi connectivity index (χ4v) is 1.09. The first-order chi connectivity index (χ1) is 5.77. The van der Waals surface area contributed by atoms with E-state index in [2.05, 4.69) is 10.3 Å². The zero-order chi connectivity index (χ0) is 8.97. The Morgan fingerprint density at radius 3 is 2.83 bits per heavy atom. The first kappa shape index (κ1) is 9.16. The van der Waals surface area contributed by atoms with Crippen molar-refractivity contribution in [2.45, 2.75) is 13.0 Å². The fourth-order valence-electron chi connectivity index (χ4n) is 1.09. The van der Waals surface area contributed by atoms with Gasteiger partial charge in [0.2, 0.25) is 0 Å². The number of aromatic nitrogens is 1. The van der Waals surface area contributed by atoms with Crippen LogP contribution in [-0.4, -0.2) is 23.7 Å². The summed E-state index contributed by atoms with van der Waals surface area (Å²) in [6.07, 6.45) is 0. The summed E-state index contributed by atoms with van der Waals surface area (Å²) in [4.78, 5) is 4.29. The van der Waals surface area contributed by atoms with Gasteiger partial charge in [-0.05, 0) is 26.1 Å². The van der Waals surface area contributed by atoms with Gasteiger partial charge in [-0.25, -0.2) is 0 Å². The third-order valence-corrected chi connectivity index (χ3v) is 1.80. The molecule has 0 aliphatic heterocycles. The van der Waals surface area contributed by atoms with Crippen molar-refractivity contribution in [2.75, 3.05) is 13.7 Å². The van der Waals surface area contributed by atoms with Gasteiger partial charge in [0.15, 0.2) is 0 Å². The number of likely N-dealkylation sites (N-methyl/N-ethyl adjacent to an activating group) is 1. The molecule has 66 valence electrons. The minimum absolute atomic E-state index is 0.0510. The Morgan fingerprint density at radius 2 is 2.33 bits per heavy atom. The Balaban J connectivity index is 2.85. The number of nitrogens with one attached hydrogen (secondary N) is 1. The number of aryl methyl sites for hydroxylation is 1. The lowest BCUT2D eigenvalue weighted by atomic mass is 10.2. The second-order valence-corrected chi connectivity index (χ2v) is 2.73. The van der Waals surface area contributed by atoms with Crippen molar-refractivity contribution in [2.24, 2.45) is 0 Å². The molecule has 3 heteroatoms. The van der Waals surface area contributed by atoms with Gasteiger partial charge in [0.05, 0.1) is 18.3 Å². The topological polar surface area (TPSA) is 45.1 Å². The average molecular weight is 166 g/mol. The first-order valence-corrected chi connectivity index (χ1v) is 3.99. The molecule has 0 amide bonds. The summed E-state index contributed by atoms with van der Waals surface area (Å²) in [6, 6.07) is 5.74. The Morgan fingerprint density at radius 1 is 1.58 bits per heavy atom. The molecule has 0 saturated heterocycles. The largest absolute Gasteiger partial charge is 0.394 e. The van der Waals surface area contributed by atoms with E-state index in [1.807, 2.05) is 32.2 Å². The van der Waals surface area contributed by atoms with Gasteiger partial charge in [-0.2, -0.15) is 0 Å². The highest BCUT2D eigenvalue weighted by Gasteiger charge is 2.07.